The first-order valence-electron chi connectivity index (χ1n) is 12.1. The summed E-state index contributed by atoms with van der Waals surface area (Å²) in [5.74, 6) is 0.570. The topological polar surface area (TPSA) is 74.6 Å². The Hall–Kier alpha value is -0.810. The highest BCUT2D eigenvalue weighted by molar-refractivity contribution is 7.86. The third-order valence-electron chi connectivity index (χ3n) is 8.19. The van der Waals surface area contributed by atoms with E-state index in [4.69, 9.17) is 0 Å². The van der Waals surface area contributed by atoms with Gasteiger partial charge in [-0.3, -0.25) is 4.55 Å². The number of aliphatic hydroxyl groups is 1. The van der Waals surface area contributed by atoms with Crippen LogP contribution in [0.1, 0.15) is 96.3 Å². The first-order valence-corrected chi connectivity index (χ1v) is 13.6. The Kier molecular flexibility index (Phi) is 6.75. The first-order chi connectivity index (χ1) is 14.0. The Morgan fingerprint density at radius 1 is 0.724 bits per heavy atom. The Morgan fingerprint density at radius 2 is 1.21 bits per heavy atom. The lowest BCUT2D eigenvalue weighted by molar-refractivity contribution is 0.193. The highest BCUT2D eigenvalue weighted by atomic mass is 32.2. The molecule has 0 aromatic heterocycles. The van der Waals surface area contributed by atoms with Crippen molar-refractivity contribution < 1.29 is 18.1 Å². The molecular weight excluding hydrogens is 384 g/mol. The summed E-state index contributed by atoms with van der Waals surface area (Å²) in [6.07, 6.45) is 18.6. The van der Waals surface area contributed by atoms with E-state index in [0.29, 0.717) is 11.7 Å². The lowest BCUT2D eigenvalue weighted by atomic mass is 9.67. The van der Waals surface area contributed by atoms with E-state index in [1.807, 2.05) is 6.08 Å². The summed E-state index contributed by atoms with van der Waals surface area (Å²) in [4.78, 5) is 0. The molecule has 0 aliphatic heterocycles. The van der Waals surface area contributed by atoms with Gasteiger partial charge < -0.3 is 5.11 Å². The van der Waals surface area contributed by atoms with Crippen molar-refractivity contribution in [1.82, 2.24) is 0 Å². The second-order valence-electron chi connectivity index (χ2n) is 10.0. The summed E-state index contributed by atoms with van der Waals surface area (Å²) < 4.78 is 35.8. The van der Waals surface area contributed by atoms with Gasteiger partial charge in [0.05, 0.1) is 0 Å². The molecule has 4 nitrogen and oxygen atoms in total. The average Bonchev–Trinajstić information content (AvgIpc) is 2.74. The third-order valence-corrected chi connectivity index (χ3v) is 9.40. The zero-order valence-electron chi connectivity index (χ0n) is 17.7. The molecule has 0 bridgehead atoms. The predicted octanol–water partition coefficient (Wildman–Crippen LogP) is 6.35. The highest BCUT2D eigenvalue weighted by Crippen LogP contribution is 2.49. The molecule has 3 fully saturated rings. The first kappa shape index (κ1) is 21.4. The molecule has 4 aliphatic rings. The number of hydrogen-bond donors (Lipinski definition) is 2. The van der Waals surface area contributed by atoms with Gasteiger partial charge >= 0.3 is 0 Å². The van der Waals surface area contributed by atoms with Gasteiger partial charge in [0.2, 0.25) is 0 Å². The van der Waals surface area contributed by atoms with Crippen LogP contribution in [0.15, 0.2) is 23.0 Å². The molecule has 0 radical (unpaired) electrons. The Morgan fingerprint density at radius 3 is 1.72 bits per heavy atom. The molecule has 0 amide bonds. The fraction of sp³-hybridized carbons (Fsp3) is 0.833. The van der Waals surface area contributed by atoms with Gasteiger partial charge in [0.1, 0.15) is 11.0 Å². The van der Waals surface area contributed by atoms with Crippen molar-refractivity contribution in [3.8, 4) is 0 Å². The van der Waals surface area contributed by atoms with Crippen molar-refractivity contribution >= 4 is 10.1 Å². The standard InChI is InChI=1S/C24H38O4S/c25-23-20(17-10-4-1-5-11-17)16-21(18-12-6-2-7-13-18)24(29(26,27)28)22(23)19-14-8-3-9-15-19/h16-19,22,24-25H,1-15H2,(H,26,27,28). The molecular formula is C24H38O4S. The fourth-order valence-corrected chi connectivity index (χ4v) is 8.05. The van der Waals surface area contributed by atoms with Crippen LogP contribution in [0.25, 0.3) is 0 Å². The summed E-state index contributed by atoms with van der Waals surface area (Å²) in [5, 5.41) is 10.5. The van der Waals surface area contributed by atoms with Crippen LogP contribution in [-0.4, -0.2) is 23.3 Å². The molecule has 2 unspecified atom stereocenters. The minimum atomic E-state index is -4.27. The van der Waals surface area contributed by atoms with Gasteiger partial charge in [-0.05, 0) is 67.4 Å². The van der Waals surface area contributed by atoms with Crippen LogP contribution in [0.2, 0.25) is 0 Å². The molecule has 3 saturated carbocycles. The van der Waals surface area contributed by atoms with Crippen molar-refractivity contribution in [1.29, 1.82) is 0 Å². The molecule has 2 atom stereocenters. The molecule has 0 heterocycles. The molecule has 0 saturated heterocycles. The van der Waals surface area contributed by atoms with Crippen LogP contribution in [-0.2, 0) is 10.1 Å². The predicted molar refractivity (Wildman–Crippen MR) is 116 cm³/mol. The molecule has 0 aromatic carbocycles. The van der Waals surface area contributed by atoms with E-state index in [1.165, 1.54) is 32.1 Å². The van der Waals surface area contributed by atoms with Crippen molar-refractivity contribution in [2.75, 3.05) is 0 Å². The van der Waals surface area contributed by atoms with E-state index in [9.17, 15) is 18.1 Å². The van der Waals surface area contributed by atoms with Gasteiger partial charge in [-0.1, -0.05) is 63.9 Å². The number of hydrogen-bond acceptors (Lipinski definition) is 3. The summed E-state index contributed by atoms with van der Waals surface area (Å²) >= 11 is 0. The molecule has 164 valence electrons. The van der Waals surface area contributed by atoms with Crippen molar-refractivity contribution in [2.24, 2.45) is 23.7 Å². The Balaban J connectivity index is 1.78. The molecule has 5 heteroatoms. The average molecular weight is 423 g/mol. The van der Waals surface area contributed by atoms with Crippen molar-refractivity contribution in [2.45, 2.75) is 102 Å². The second kappa shape index (κ2) is 9.13. The third kappa shape index (κ3) is 4.61. The van der Waals surface area contributed by atoms with Crippen LogP contribution in [0.3, 0.4) is 0 Å². The molecule has 29 heavy (non-hydrogen) atoms. The smallest absolute Gasteiger partial charge is 0.272 e. The Labute approximate surface area is 176 Å². The van der Waals surface area contributed by atoms with Crippen LogP contribution in [0, 0.1) is 23.7 Å². The summed E-state index contributed by atoms with van der Waals surface area (Å²) in [5.41, 5.74) is 1.93. The van der Waals surface area contributed by atoms with Crippen LogP contribution in [0.5, 0.6) is 0 Å². The largest absolute Gasteiger partial charge is 0.512 e. The maximum absolute atomic E-state index is 12.7. The highest BCUT2D eigenvalue weighted by Gasteiger charge is 2.47. The summed E-state index contributed by atoms with van der Waals surface area (Å²) in [6.45, 7) is 0. The summed E-state index contributed by atoms with van der Waals surface area (Å²) in [6, 6.07) is 0. The molecule has 4 aliphatic carbocycles. The van der Waals surface area contributed by atoms with Crippen LogP contribution < -0.4 is 0 Å². The van der Waals surface area contributed by atoms with Crippen molar-refractivity contribution in [3.05, 3.63) is 23.0 Å². The lowest BCUT2D eigenvalue weighted by Crippen LogP contribution is -2.43. The summed E-state index contributed by atoms with van der Waals surface area (Å²) in [7, 11) is -4.27. The van der Waals surface area contributed by atoms with Gasteiger partial charge in [-0.15, -0.1) is 0 Å². The van der Waals surface area contributed by atoms with Crippen molar-refractivity contribution in [3.63, 3.8) is 0 Å². The van der Waals surface area contributed by atoms with Crippen LogP contribution >= 0.6 is 0 Å². The molecule has 0 aromatic rings. The molecule has 0 spiro atoms. The number of rotatable bonds is 4. The zero-order chi connectivity index (χ0) is 20.4. The van der Waals surface area contributed by atoms with E-state index >= 15 is 0 Å². The molecule has 4 rings (SSSR count). The van der Waals surface area contributed by atoms with E-state index in [2.05, 4.69) is 0 Å². The van der Waals surface area contributed by atoms with E-state index in [-0.39, 0.29) is 11.8 Å². The Bertz CT molecular complexity index is 733. The SMILES string of the molecule is O=S(=O)(O)C1C(C2CCCCC2)=CC(C2CCCCC2)=C(O)C1C1CCCCC1. The maximum Gasteiger partial charge on any atom is 0.272 e. The lowest BCUT2D eigenvalue weighted by Gasteiger charge is -2.42. The monoisotopic (exact) mass is 422 g/mol. The molecule has 2 N–H and O–H groups in total. The number of allylic oxidation sites excluding steroid dienone is 3. The van der Waals surface area contributed by atoms with E-state index in [1.54, 1.807) is 0 Å². The van der Waals surface area contributed by atoms with Gasteiger partial charge in [-0.25, -0.2) is 0 Å². The van der Waals surface area contributed by atoms with Gasteiger partial charge in [-0.2, -0.15) is 8.42 Å². The minimum absolute atomic E-state index is 0.154. The van der Waals surface area contributed by atoms with E-state index < -0.39 is 21.3 Å². The number of aliphatic hydroxyl groups excluding tert-OH is 1. The second-order valence-corrected chi connectivity index (χ2v) is 11.6. The van der Waals surface area contributed by atoms with Gasteiger partial charge in [0.15, 0.2) is 0 Å². The van der Waals surface area contributed by atoms with Gasteiger partial charge in [0.25, 0.3) is 10.1 Å². The normalized spacial score (nSPS) is 31.7. The van der Waals surface area contributed by atoms with E-state index in [0.717, 1.165) is 75.4 Å². The zero-order valence-corrected chi connectivity index (χ0v) is 18.5. The quantitative estimate of drug-likeness (QED) is 0.518. The fourth-order valence-electron chi connectivity index (χ4n) is 6.73. The van der Waals surface area contributed by atoms with Gasteiger partial charge in [0, 0.05) is 5.92 Å². The van der Waals surface area contributed by atoms with Crippen LogP contribution in [0.4, 0.5) is 0 Å². The minimum Gasteiger partial charge on any atom is -0.512 e. The maximum atomic E-state index is 12.7.